The summed E-state index contributed by atoms with van der Waals surface area (Å²) in [5.41, 5.74) is 16.9. The highest BCUT2D eigenvalue weighted by Crippen LogP contribution is 2.41. The highest BCUT2D eigenvalue weighted by Gasteiger charge is 2.25. The first-order valence-corrected chi connectivity index (χ1v) is 16.0. The number of methoxy groups -OCH3 is 1. The van der Waals surface area contributed by atoms with Gasteiger partial charge in [0, 0.05) is 26.6 Å². The van der Waals surface area contributed by atoms with Gasteiger partial charge in [0.15, 0.2) is 0 Å². The van der Waals surface area contributed by atoms with E-state index in [4.69, 9.17) is 20.7 Å². The van der Waals surface area contributed by atoms with Crippen molar-refractivity contribution in [2.24, 2.45) is 10.8 Å². The minimum Gasteiger partial charge on any atom is -0.494 e. The monoisotopic (exact) mass is 625 g/mol. The molecular weight excluding hydrogens is 582 g/mol. The van der Waals surface area contributed by atoms with Crippen molar-refractivity contribution < 1.29 is 27.8 Å². The zero-order valence-corrected chi connectivity index (χ0v) is 26.6. The van der Waals surface area contributed by atoms with Gasteiger partial charge in [-0.1, -0.05) is 31.0 Å². The smallest absolute Gasteiger partial charge is 0.304 e. The number of carboxylic acid groups (broad SMARTS) is 1. The first kappa shape index (κ1) is 34.5. The van der Waals surface area contributed by atoms with E-state index in [0.29, 0.717) is 47.2 Å². The molecule has 44 heavy (non-hydrogen) atoms. The summed E-state index contributed by atoms with van der Waals surface area (Å²) in [6, 6.07) is 15.3. The van der Waals surface area contributed by atoms with Crippen molar-refractivity contribution in [1.29, 1.82) is 5.53 Å². The zero-order valence-electron chi connectivity index (χ0n) is 25.8. The Hall–Kier alpha value is -4.00. The van der Waals surface area contributed by atoms with Gasteiger partial charge >= 0.3 is 5.97 Å². The zero-order chi connectivity index (χ0) is 32.3. The molecule has 3 aromatic carbocycles. The summed E-state index contributed by atoms with van der Waals surface area (Å²) >= 11 is 0. The van der Waals surface area contributed by atoms with Gasteiger partial charge in [0.1, 0.15) is 22.9 Å². The summed E-state index contributed by atoms with van der Waals surface area (Å²) in [5, 5.41) is 16.3. The van der Waals surface area contributed by atoms with Gasteiger partial charge in [-0.2, -0.15) is 9.42 Å². The fourth-order valence-corrected chi connectivity index (χ4v) is 6.16. The van der Waals surface area contributed by atoms with Crippen molar-refractivity contribution in [3.63, 3.8) is 0 Å². The average molecular weight is 626 g/mol. The molecule has 0 aliphatic heterocycles. The summed E-state index contributed by atoms with van der Waals surface area (Å²) in [6.07, 6.45) is 3.78. The Morgan fingerprint density at radius 2 is 1.77 bits per heavy atom. The van der Waals surface area contributed by atoms with Crippen molar-refractivity contribution in [3.05, 3.63) is 76.9 Å². The maximum atomic E-state index is 13.5. The average Bonchev–Trinajstić information content (AvgIpc) is 3.02. The molecule has 0 heterocycles. The van der Waals surface area contributed by atoms with Gasteiger partial charge in [0.25, 0.3) is 0 Å². The molecule has 0 aliphatic rings. The Balaban J connectivity index is 1.84. The van der Waals surface area contributed by atoms with E-state index < -0.39 is 21.9 Å². The lowest BCUT2D eigenvalue weighted by Gasteiger charge is -2.22. The quantitative estimate of drug-likeness (QED) is 0.0981. The summed E-state index contributed by atoms with van der Waals surface area (Å²) in [4.78, 5) is 12.1. The number of aliphatic carboxylic acids is 1. The summed E-state index contributed by atoms with van der Waals surface area (Å²) in [6.45, 7) is 3.21. The van der Waals surface area contributed by atoms with Crippen LogP contribution in [0.2, 0.25) is 0 Å². The van der Waals surface area contributed by atoms with E-state index in [-0.39, 0.29) is 17.9 Å². The maximum Gasteiger partial charge on any atom is 0.304 e. The third kappa shape index (κ3) is 8.77. The number of rotatable bonds is 18. The van der Waals surface area contributed by atoms with E-state index in [2.05, 4.69) is 10.4 Å². The van der Waals surface area contributed by atoms with Crippen LogP contribution in [0.25, 0.3) is 0 Å². The number of nitrogens with two attached hydrogens (primary N) is 1. The Morgan fingerprint density at radius 1 is 1.07 bits per heavy atom. The number of nitrogens with zero attached hydrogens (tertiary/aromatic N) is 2. The number of aryl methyl sites for hydroxylation is 1. The molecule has 238 valence electrons. The number of unbranched alkanes of at least 4 members (excludes halogenated alkanes) is 3. The third-order valence-electron chi connectivity index (χ3n) is 7.54. The van der Waals surface area contributed by atoms with Gasteiger partial charge in [-0.3, -0.25) is 4.79 Å². The molecule has 1 unspecified atom stereocenters. The van der Waals surface area contributed by atoms with Crippen LogP contribution in [-0.4, -0.2) is 58.2 Å². The molecule has 3 rings (SSSR count). The molecule has 0 fully saturated rings. The van der Waals surface area contributed by atoms with Crippen LogP contribution in [0.1, 0.15) is 60.3 Å². The second-order valence-electron chi connectivity index (χ2n) is 10.6. The lowest BCUT2D eigenvalue weighted by atomic mass is 9.86. The molecule has 5 N–H and O–H groups in total. The molecule has 0 spiro atoms. The summed E-state index contributed by atoms with van der Waals surface area (Å²) < 4.78 is 39.4. The van der Waals surface area contributed by atoms with E-state index in [1.165, 1.54) is 18.5 Å². The first-order chi connectivity index (χ1) is 21.0. The van der Waals surface area contributed by atoms with Crippen LogP contribution in [0.4, 0.5) is 11.4 Å². The Kier molecular flexibility index (Phi) is 12.7. The van der Waals surface area contributed by atoms with Crippen LogP contribution in [0, 0.1) is 12.5 Å². The molecule has 3 aromatic rings. The lowest BCUT2D eigenvalue weighted by Crippen LogP contribution is -2.27. The molecule has 0 aromatic heterocycles. The molecule has 0 amide bonds. The number of nitrogens with one attached hydrogen (secondary N) is 2. The normalized spacial score (nSPS) is 12.1. The number of hydrogen-bond donors (Lipinski definition) is 4. The molecule has 0 saturated carbocycles. The summed E-state index contributed by atoms with van der Waals surface area (Å²) in [7, 11) is 0.879. The van der Waals surface area contributed by atoms with Crippen LogP contribution in [0.3, 0.4) is 0 Å². The van der Waals surface area contributed by atoms with E-state index >= 15 is 0 Å². The third-order valence-corrected chi connectivity index (χ3v) is 9.36. The van der Waals surface area contributed by atoms with E-state index in [9.17, 15) is 18.3 Å². The highest BCUT2D eigenvalue weighted by atomic mass is 32.2. The predicted molar refractivity (Wildman–Crippen MR) is 171 cm³/mol. The molecule has 11 nitrogen and oxygen atoms in total. The standard InChI is InChI=1S/C32H43N5O6S/c1-22-9-10-23(28(20-31(38)39)24-18-29(36-34)32(35-2)30(19-24)42-4)17-25(22)21-37(3)44(40,41)27-13-11-26(12-14-27)43-16-8-6-5-7-15-33/h9-14,17-19,28,34-35H,5-8,15-16,20-21,33H2,1-4H3,(H,38,39). The molecule has 12 heteroatoms. The van der Waals surface area contributed by atoms with E-state index in [0.717, 1.165) is 36.8 Å². The Labute approximate surface area is 259 Å². The lowest BCUT2D eigenvalue weighted by molar-refractivity contribution is -0.137. The Morgan fingerprint density at radius 3 is 2.39 bits per heavy atom. The van der Waals surface area contributed by atoms with Gasteiger partial charge in [-0.05, 0) is 85.0 Å². The van der Waals surface area contributed by atoms with Gasteiger partial charge in [0.2, 0.25) is 10.0 Å². The number of hydrogen-bond acceptors (Lipinski definition) is 9. The molecule has 1 atom stereocenters. The van der Waals surface area contributed by atoms with E-state index in [1.54, 1.807) is 43.4 Å². The van der Waals surface area contributed by atoms with Gasteiger partial charge < -0.3 is 25.6 Å². The number of ether oxygens (including phenoxy) is 2. The largest absolute Gasteiger partial charge is 0.494 e. The Bertz CT molecular complexity index is 1530. The number of sulfonamides is 1. The van der Waals surface area contributed by atoms with Gasteiger partial charge in [-0.25, -0.2) is 13.9 Å². The number of carboxylic acids is 1. The second-order valence-corrected chi connectivity index (χ2v) is 12.6. The minimum absolute atomic E-state index is 0.0815. The van der Waals surface area contributed by atoms with Crippen molar-refractivity contribution >= 4 is 27.4 Å². The number of benzene rings is 3. The fourth-order valence-electron chi connectivity index (χ4n) is 5.01. The summed E-state index contributed by atoms with van der Waals surface area (Å²) in [5.74, 6) is -0.554. The molecule has 0 aliphatic carbocycles. The van der Waals surface area contributed by atoms with Crippen molar-refractivity contribution in [2.45, 2.75) is 56.4 Å². The molecular formula is C32H43N5O6S. The van der Waals surface area contributed by atoms with Crippen LogP contribution in [0.15, 0.2) is 64.6 Å². The van der Waals surface area contributed by atoms with Crippen LogP contribution >= 0.6 is 0 Å². The number of anilines is 1. The van der Waals surface area contributed by atoms with Crippen LogP contribution in [0.5, 0.6) is 11.5 Å². The van der Waals surface area contributed by atoms with Crippen LogP contribution < -0.4 is 20.5 Å². The molecule has 0 radical (unpaired) electrons. The van der Waals surface area contributed by atoms with Crippen LogP contribution in [-0.2, 0) is 21.4 Å². The maximum absolute atomic E-state index is 13.5. The van der Waals surface area contributed by atoms with Gasteiger partial charge in [0.05, 0.1) is 25.0 Å². The topological polar surface area (TPSA) is 167 Å². The predicted octanol–water partition coefficient (Wildman–Crippen LogP) is 6.03. The van der Waals surface area contributed by atoms with Crippen molar-refractivity contribution in [3.8, 4) is 11.5 Å². The SMILES string of the molecule is CNc1c(N=N)cc(C(CC(=O)O)c2ccc(C)c(CN(C)S(=O)(=O)c3ccc(OCCCCCCN)cc3)c2)cc1OC. The van der Waals surface area contributed by atoms with Gasteiger partial charge in [-0.15, -0.1) is 0 Å². The van der Waals surface area contributed by atoms with E-state index in [1.807, 2.05) is 25.1 Å². The van der Waals surface area contributed by atoms with Crippen molar-refractivity contribution in [1.82, 2.24) is 4.31 Å². The molecule has 0 saturated heterocycles. The number of carbonyl (C=O) groups is 1. The fraction of sp³-hybridized carbons (Fsp3) is 0.406. The molecule has 0 bridgehead atoms. The first-order valence-electron chi connectivity index (χ1n) is 14.5. The highest BCUT2D eigenvalue weighted by molar-refractivity contribution is 7.89. The van der Waals surface area contributed by atoms with Crippen molar-refractivity contribution in [2.75, 3.05) is 39.7 Å². The second kappa shape index (κ2) is 16.2. The minimum atomic E-state index is -3.82.